The molecule has 0 aliphatic heterocycles. The molecular weight excluding hydrogens is 124 g/mol. The summed E-state index contributed by atoms with van der Waals surface area (Å²) in [7, 11) is 0. The van der Waals surface area contributed by atoms with Crippen molar-refractivity contribution in [2.24, 2.45) is 0 Å². The van der Waals surface area contributed by atoms with Gasteiger partial charge >= 0.3 is 0 Å². The highest BCUT2D eigenvalue weighted by atomic mass is 16.3. The molecule has 0 amide bonds. The Hall–Kier alpha value is -0.560. The van der Waals surface area contributed by atoms with Crippen LogP contribution in [0, 0.1) is 0 Å². The van der Waals surface area contributed by atoms with Crippen molar-refractivity contribution in [3.63, 3.8) is 0 Å². The van der Waals surface area contributed by atoms with Crippen molar-refractivity contribution in [3.8, 4) is 0 Å². The Morgan fingerprint density at radius 3 is 2.80 bits per heavy atom. The molecular formula is C9H14O. The van der Waals surface area contributed by atoms with Crippen molar-refractivity contribution in [2.75, 3.05) is 0 Å². The van der Waals surface area contributed by atoms with Crippen LogP contribution in [0.2, 0.25) is 0 Å². The largest absolute Gasteiger partial charge is 0.389 e. The van der Waals surface area contributed by atoms with Crippen LogP contribution in [0.25, 0.3) is 0 Å². The number of allylic oxidation sites excluding steroid dienone is 2. The zero-order valence-corrected chi connectivity index (χ0v) is 6.16. The summed E-state index contributed by atoms with van der Waals surface area (Å²) in [5, 5.41) is 9.20. The predicted molar refractivity (Wildman–Crippen MR) is 42.8 cm³/mol. The van der Waals surface area contributed by atoms with Crippen molar-refractivity contribution < 1.29 is 5.11 Å². The average molecular weight is 138 g/mol. The van der Waals surface area contributed by atoms with Gasteiger partial charge < -0.3 is 5.11 Å². The number of aliphatic hydroxyl groups is 1. The monoisotopic (exact) mass is 138 g/mol. The van der Waals surface area contributed by atoms with E-state index in [-0.39, 0.29) is 6.10 Å². The quantitative estimate of drug-likeness (QED) is 0.508. The molecule has 0 heterocycles. The molecule has 0 aromatic heterocycles. The Bertz CT molecular complexity index is 136. The maximum absolute atomic E-state index is 9.20. The summed E-state index contributed by atoms with van der Waals surface area (Å²) < 4.78 is 0. The van der Waals surface area contributed by atoms with Gasteiger partial charge in [-0.3, -0.25) is 0 Å². The number of rotatable bonds is 0. The first-order valence-corrected chi connectivity index (χ1v) is 3.89. The Balaban J connectivity index is 2.41. The van der Waals surface area contributed by atoms with E-state index in [1.165, 1.54) is 6.42 Å². The van der Waals surface area contributed by atoms with Crippen LogP contribution in [-0.4, -0.2) is 11.2 Å². The van der Waals surface area contributed by atoms with Crippen LogP contribution in [0.4, 0.5) is 0 Å². The topological polar surface area (TPSA) is 20.2 Å². The van der Waals surface area contributed by atoms with Crippen LogP contribution in [0.5, 0.6) is 0 Å². The van der Waals surface area contributed by atoms with Crippen LogP contribution >= 0.6 is 0 Å². The van der Waals surface area contributed by atoms with E-state index in [0.717, 1.165) is 19.3 Å². The molecule has 1 nitrogen and oxygen atoms in total. The van der Waals surface area contributed by atoms with Gasteiger partial charge in [-0.25, -0.2) is 0 Å². The van der Waals surface area contributed by atoms with Crippen molar-refractivity contribution in [1.29, 1.82) is 0 Å². The molecule has 1 rings (SSSR count). The molecule has 0 spiro atoms. The summed E-state index contributed by atoms with van der Waals surface area (Å²) in [6.45, 7) is 0. The maximum atomic E-state index is 9.20. The van der Waals surface area contributed by atoms with Crippen molar-refractivity contribution >= 4 is 0 Å². The van der Waals surface area contributed by atoms with Gasteiger partial charge in [0.05, 0.1) is 6.10 Å². The lowest BCUT2D eigenvalue weighted by atomic mass is 10.2. The maximum Gasteiger partial charge on any atom is 0.0755 e. The summed E-state index contributed by atoms with van der Waals surface area (Å²) in [5.74, 6) is 0. The second-order valence-corrected chi connectivity index (χ2v) is 2.63. The summed E-state index contributed by atoms with van der Waals surface area (Å²) >= 11 is 0. The Labute approximate surface area is 62.1 Å². The second kappa shape index (κ2) is 4.29. The van der Waals surface area contributed by atoms with Gasteiger partial charge in [0.25, 0.3) is 0 Å². The molecule has 0 fully saturated rings. The highest BCUT2D eigenvalue weighted by Gasteiger charge is 1.95. The fourth-order valence-electron chi connectivity index (χ4n) is 1.04. The molecule has 0 bridgehead atoms. The van der Waals surface area contributed by atoms with Crippen LogP contribution in [-0.2, 0) is 0 Å². The van der Waals surface area contributed by atoms with E-state index in [4.69, 9.17) is 0 Å². The van der Waals surface area contributed by atoms with Crippen LogP contribution < -0.4 is 0 Å². The predicted octanol–water partition coefficient (Wildman–Crippen LogP) is 2.03. The van der Waals surface area contributed by atoms with E-state index in [1.807, 2.05) is 6.08 Å². The third-order valence-electron chi connectivity index (χ3n) is 1.64. The average Bonchev–Trinajstić information content (AvgIpc) is 2.02. The summed E-state index contributed by atoms with van der Waals surface area (Å²) in [4.78, 5) is 0. The van der Waals surface area contributed by atoms with Gasteiger partial charge in [0.1, 0.15) is 0 Å². The van der Waals surface area contributed by atoms with Crippen LogP contribution in [0.3, 0.4) is 0 Å². The molecule has 1 N–H and O–H groups in total. The number of hydrogen-bond acceptors (Lipinski definition) is 1. The Morgan fingerprint density at radius 2 is 1.90 bits per heavy atom. The molecule has 10 heavy (non-hydrogen) atoms. The van der Waals surface area contributed by atoms with Crippen molar-refractivity contribution in [2.45, 2.75) is 31.8 Å². The molecule has 0 saturated heterocycles. The smallest absolute Gasteiger partial charge is 0.0755 e. The molecule has 1 heteroatoms. The van der Waals surface area contributed by atoms with Crippen LogP contribution in [0.1, 0.15) is 25.7 Å². The van der Waals surface area contributed by atoms with E-state index in [0.29, 0.717) is 0 Å². The minimum atomic E-state index is -0.255. The molecule has 0 saturated carbocycles. The van der Waals surface area contributed by atoms with Crippen molar-refractivity contribution in [1.82, 2.24) is 0 Å². The van der Waals surface area contributed by atoms with Gasteiger partial charge in [0, 0.05) is 0 Å². The molecule has 0 unspecified atom stereocenters. The van der Waals surface area contributed by atoms with Crippen LogP contribution in [0.15, 0.2) is 24.3 Å². The third kappa shape index (κ3) is 2.83. The molecule has 1 aliphatic carbocycles. The normalized spacial score (nSPS) is 33.5. The fourth-order valence-corrected chi connectivity index (χ4v) is 1.04. The first-order valence-electron chi connectivity index (χ1n) is 3.89. The summed E-state index contributed by atoms with van der Waals surface area (Å²) in [6.07, 6.45) is 12.1. The highest BCUT2D eigenvalue weighted by molar-refractivity contribution is 4.96. The highest BCUT2D eigenvalue weighted by Crippen LogP contribution is 2.05. The molecule has 0 radical (unpaired) electrons. The van der Waals surface area contributed by atoms with E-state index in [2.05, 4.69) is 18.2 Å². The van der Waals surface area contributed by atoms with Crippen molar-refractivity contribution in [3.05, 3.63) is 24.3 Å². The van der Waals surface area contributed by atoms with E-state index >= 15 is 0 Å². The summed E-state index contributed by atoms with van der Waals surface area (Å²) in [6, 6.07) is 0. The lowest BCUT2D eigenvalue weighted by molar-refractivity contribution is 0.226. The fraction of sp³-hybridized carbons (Fsp3) is 0.556. The van der Waals surface area contributed by atoms with Gasteiger partial charge in [-0.05, 0) is 25.7 Å². The minimum absolute atomic E-state index is 0.255. The molecule has 0 aromatic carbocycles. The first kappa shape index (κ1) is 7.55. The Morgan fingerprint density at radius 1 is 1.10 bits per heavy atom. The van der Waals surface area contributed by atoms with Gasteiger partial charge in [0.2, 0.25) is 0 Å². The zero-order valence-electron chi connectivity index (χ0n) is 6.16. The van der Waals surface area contributed by atoms with Gasteiger partial charge in [0.15, 0.2) is 0 Å². The second-order valence-electron chi connectivity index (χ2n) is 2.63. The van der Waals surface area contributed by atoms with Gasteiger partial charge in [-0.2, -0.15) is 0 Å². The first-order chi connectivity index (χ1) is 4.89. The van der Waals surface area contributed by atoms with Gasteiger partial charge in [-0.1, -0.05) is 24.3 Å². The summed E-state index contributed by atoms with van der Waals surface area (Å²) in [5.41, 5.74) is 0. The molecule has 56 valence electrons. The third-order valence-corrected chi connectivity index (χ3v) is 1.64. The zero-order chi connectivity index (χ0) is 7.23. The lowest BCUT2D eigenvalue weighted by Gasteiger charge is -1.97. The molecule has 1 aliphatic rings. The Kier molecular flexibility index (Phi) is 3.23. The van der Waals surface area contributed by atoms with E-state index < -0.39 is 0 Å². The SMILES string of the molecule is O[C@@H]1/C=C\CCC/C=C\C1. The van der Waals surface area contributed by atoms with Gasteiger partial charge in [-0.15, -0.1) is 0 Å². The number of aliphatic hydroxyl groups excluding tert-OH is 1. The lowest BCUT2D eigenvalue weighted by Crippen LogP contribution is -1.98. The number of hydrogen-bond donors (Lipinski definition) is 1. The molecule has 0 aromatic rings. The minimum Gasteiger partial charge on any atom is -0.389 e. The van der Waals surface area contributed by atoms with E-state index in [9.17, 15) is 5.11 Å². The van der Waals surface area contributed by atoms with E-state index in [1.54, 1.807) is 0 Å². The molecule has 1 atom stereocenters. The standard InChI is InChI=1S/C9H14O/c10-9-7-5-3-1-2-4-6-8-9/h3,5-6,8-10H,1-2,4,7H2/b5-3-,8-6-/t9-/m0/s1.